The molecule has 1 fully saturated rings. The maximum Gasteiger partial charge on any atom is 0.243 e. The molecule has 2 N–H and O–H groups in total. The van der Waals surface area contributed by atoms with Crippen molar-refractivity contribution in [1.82, 2.24) is 14.9 Å². The molecule has 0 atom stereocenters. The van der Waals surface area contributed by atoms with Crippen LogP contribution in [0.4, 0.5) is 4.39 Å². The lowest BCUT2D eigenvalue weighted by atomic mass is 10.2. The van der Waals surface area contributed by atoms with Gasteiger partial charge in [-0.25, -0.2) is 17.8 Å². The molecule has 6 nitrogen and oxygen atoms in total. The molecule has 0 bridgehead atoms. The second kappa shape index (κ2) is 11.6. The fraction of sp³-hybridized carbons (Fsp3) is 0.381. The van der Waals surface area contributed by atoms with Gasteiger partial charge < -0.3 is 10.6 Å². The van der Waals surface area contributed by atoms with Crippen molar-refractivity contribution >= 4 is 40.0 Å². The summed E-state index contributed by atoms with van der Waals surface area (Å²) in [5, 5.41) is 6.25. The molecule has 1 aliphatic rings. The summed E-state index contributed by atoms with van der Waals surface area (Å²) in [7, 11) is -3.40. The van der Waals surface area contributed by atoms with E-state index in [4.69, 9.17) is 0 Å². The maximum atomic E-state index is 13.8. The van der Waals surface area contributed by atoms with E-state index in [1.54, 1.807) is 42.5 Å². The van der Waals surface area contributed by atoms with Gasteiger partial charge in [0.1, 0.15) is 5.82 Å². The van der Waals surface area contributed by atoms with Crippen molar-refractivity contribution in [2.45, 2.75) is 37.8 Å². The standard InChI is InChI=1S/C21H27FN4O2S.HI/c1-2-23-21(25-16-18-7-3-4-8-20(18)22)24-15-17-9-11-19(12-10-17)29(27,28)26-13-5-6-14-26;/h3-4,7-12H,2,5-6,13-16H2,1H3,(H2,23,24,25);1H. The highest BCUT2D eigenvalue weighted by Crippen LogP contribution is 2.21. The van der Waals surface area contributed by atoms with E-state index >= 15 is 0 Å². The molecule has 3 rings (SSSR count). The molecular weight excluding hydrogens is 518 g/mol. The van der Waals surface area contributed by atoms with E-state index < -0.39 is 10.0 Å². The number of halogens is 2. The summed E-state index contributed by atoms with van der Waals surface area (Å²) in [5.41, 5.74) is 1.46. The summed E-state index contributed by atoms with van der Waals surface area (Å²) in [4.78, 5) is 4.83. The number of sulfonamides is 1. The number of rotatable bonds is 7. The fourth-order valence-corrected chi connectivity index (χ4v) is 4.69. The molecule has 1 aliphatic heterocycles. The summed E-state index contributed by atoms with van der Waals surface area (Å²) in [6.45, 7) is 4.53. The first-order valence-corrected chi connectivity index (χ1v) is 11.3. The van der Waals surface area contributed by atoms with Gasteiger partial charge >= 0.3 is 0 Å². The molecule has 0 aliphatic carbocycles. The van der Waals surface area contributed by atoms with Gasteiger partial charge in [0.05, 0.1) is 11.4 Å². The Morgan fingerprint density at radius 2 is 1.73 bits per heavy atom. The SMILES string of the molecule is CCNC(=NCc1ccc(S(=O)(=O)N2CCCC2)cc1)NCc1ccccc1F.I. The molecule has 164 valence electrons. The summed E-state index contributed by atoms with van der Waals surface area (Å²) < 4.78 is 40.5. The van der Waals surface area contributed by atoms with E-state index in [1.165, 1.54) is 10.4 Å². The van der Waals surface area contributed by atoms with Gasteiger partial charge in [-0.1, -0.05) is 30.3 Å². The third kappa shape index (κ3) is 6.39. The maximum absolute atomic E-state index is 13.8. The zero-order chi connectivity index (χ0) is 20.7. The molecule has 30 heavy (non-hydrogen) atoms. The van der Waals surface area contributed by atoms with Crippen molar-refractivity contribution < 1.29 is 12.8 Å². The summed E-state index contributed by atoms with van der Waals surface area (Å²) in [5.74, 6) is 0.315. The van der Waals surface area contributed by atoms with Gasteiger partial charge in [0.25, 0.3) is 0 Å². The normalized spacial score (nSPS) is 14.9. The third-order valence-electron chi connectivity index (χ3n) is 4.79. The van der Waals surface area contributed by atoms with Crippen LogP contribution in [0.3, 0.4) is 0 Å². The number of nitrogens with one attached hydrogen (secondary N) is 2. The van der Waals surface area contributed by atoms with Crippen molar-refractivity contribution in [3.63, 3.8) is 0 Å². The van der Waals surface area contributed by atoms with Crippen molar-refractivity contribution in [3.05, 3.63) is 65.5 Å². The van der Waals surface area contributed by atoms with Gasteiger partial charge in [0, 0.05) is 31.7 Å². The van der Waals surface area contributed by atoms with Gasteiger partial charge in [-0.3, -0.25) is 0 Å². The summed E-state index contributed by atoms with van der Waals surface area (Å²) in [6, 6.07) is 13.5. The van der Waals surface area contributed by atoms with Crippen LogP contribution in [0.5, 0.6) is 0 Å². The minimum absolute atomic E-state index is 0. The first-order chi connectivity index (χ1) is 14.0. The van der Waals surface area contributed by atoms with E-state index in [9.17, 15) is 12.8 Å². The highest BCUT2D eigenvalue weighted by atomic mass is 127. The lowest BCUT2D eigenvalue weighted by Gasteiger charge is -2.15. The Labute approximate surface area is 195 Å². The van der Waals surface area contributed by atoms with Gasteiger partial charge in [-0.05, 0) is 43.5 Å². The summed E-state index contributed by atoms with van der Waals surface area (Å²) in [6.07, 6.45) is 1.83. The largest absolute Gasteiger partial charge is 0.357 e. The minimum atomic E-state index is -3.40. The molecule has 1 saturated heterocycles. The van der Waals surface area contributed by atoms with Crippen molar-refractivity contribution in [1.29, 1.82) is 0 Å². The number of guanidine groups is 1. The van der Waals surface area contributed by atoms with Crippen LogP contribution in [0.15, 0.2) is 58.4 Å². The van der Waals surface area contributed by atoms with Crippen LogP contribution in [-0.2, 0) is 23.1 Å². The lowest BCUT2D eigenvalue weighted by molar-refractivity contribution is 0.477. The smallest absolute Gasteiger partial charge is 0.243 e. The van der Waals surface area contributed by atoms with Gasteiger partial charge in [-0.15, -0.1) is 24.0 Å². The highest BCUT2D eigenvalue weighted by molar-refractivity contribution is 14.0. The topological polar surface area (TPSA) is 73.8 Å². The van der Waals surface area contributed by atoms with E-state index in [1.807, 2.05) is 6.92 Å². The quantitative estimate of drug-likeness (QED) is 0.317. The predicted octanol–water partition coefficient (Wildman–Crippen LogP) is 3.48. The Morgan fingerprint density at radius 3 is 2.37 bits per heavy atom. The molecule has 0 radical (unpaired) electrons. The number of nitrogens with zero attached hydrogens (tertiary/aromatic N) is 2. The first-order valence-electron chi connectivity index (χ1n) is 9.85. The Kier molecular flexibility index (Phi) is 9.50. The zero-order valence-electron chi connectivity index (χ0n) is 17.0. The van der Waals surface area contributed by atoms with Crippen LogP contribution in [0.1, 0.15) is 30.9 Å². The Morgan fingerprint density at radius 1 is 1.07 bits per heavy atom. The van der Waals surface area contributed by atoms with Crippen molar-refractivity contribution in [3.8, 4) is 0 Å². The molecule has 2 aromatic carbocycles. The van der Waals surface area contributed by atoms with Gasteiger partial charge in [0.15, 0.2) is 5.96 Å². The van der Waals surface area contributed by atoms with Gasteiger partial charge in [0.2, 0.25) is 10.0 Å². The lowest BCUT2D eigenvalue weighted by Crippen LogP contribution is -2.37. The average Bonchev–Trinajstić information content (AvgIpc) is 3.27. The van der Waals surface area contributed by atoms with Crippen LogP contribution < -0.4 is 10.6 Å². The van der Waals surface area contributed by atoms with E-state index in [-0.39, 0.29) is 29.8 Å². The molecule has 1 heterocycles. The van der Waals surface area contributed by atoms with E-state index in [0.717, 1.165) is 18.4 Å². The molecule has 0 unspecified atom stereocenters. The highest BCUT2D eigenvalue weighted by Gasteiger charge is 2.26. The van der Waals surface area contributed by atoms with Crippen molar-refractivity contribution in [2.24, 2.45) is 4.99 Å². The van der Waals surface area contributed by atoms with Crippen molar-refractivity contribution in [2.75, 3.05) is 19.6 Å². The zero-order valence-corrected chi connectivity index (χ0v) is 20.1. The average molecular weight is 546 g/mol. The first kappa shape index (κ1) is 24.5. The Hall–Kier alpha value is -1.72. The molecular formula is C21H28FIN4O2S. The number of aliphatic imine (C=N–C) groups is 1. The Balaban J connectivity index is 0.00000320. The molecule has 0 saturated carbocycles. The second-order valence-corrected chi connectivity index (χ2v) is 8.83. The van der Waals surface area contributed by atoms with E-state index in [2.05, 4.69) is 15.6 Å². The van der Waals surface area contributed by atoms with Gasteiger partial charge in [-0.2, -0.15) is 4.31 Å². The van der Waals surface area contributed by atoms with Crippen LogP contribution in [-0.4, -0.2) is 38.3 Å². The minimum Gasteiger partial charge on any atom is -0.357 e. The fourth-order valence-electron chi connectivity index (χ4n) is 3.18. The van der Waals surface area contributed by atoms with Crippen LogP contribution >= 0.6 is 24.0 Å². The number of hydrogen-bond acceptors (Lipinski definition) is 3. The van der Waals surface area contributed by atoms with Crippen LogP contribution in [0.2, 0.25) is 0 Å². The molecule has 0 amide bonds. The number of hydrogen-bond donors (Lipinski definition) is 2. The molecule has 0 aromatic heterocycles. The summed E-state index contributed by atoms with van der Waals surface area (Å²) >= 11 is 0. The molecule has 0 spiro atoms. The third-order valence-corrected chi connectivity index (χ3v) is 6.71. The second-order valence-electron chi connectivity index (χ2n) is 6.90. The van der Waals surface area contributed by atoms with Crippen LogP contribution in [0, 0.1) is 5.82 Å². The van der Waals surface area contributed by atoms with Crippen LogP contribution in [0.25, 0.3) is 0 Å². The molecule has 2 aromatic rings. The predicted molar refractivity (Wildman–Crippen MR) is 128 cm³/mol. The molecule has 9 heteroatoms. The number of benzene rings is 2. The van der Waals surface area contributed by atoms with E-state index in [0.29, 0.717) is 49.1 Å². The monoisotopic (exact) mass is 546 g/mol. The Bertz CT molecular complexity index is 946.